The zero-order valence-corrected chi connectivity index (χ0v) is 10.3. The van der Waals surface area contributed by atoms with Crippen molar-refractivity contribution in [3.8, 4) is 0 Å². The quantitative estimate of drug-likeness (QED) is 0.758. The largest absolute Gasteiger partial charge is 0.494 e. The summed E-state index contributed by atoms with van der Waals surface area (Å²) in [6.45, 7) is 0. The van der Waals surface area contributed by atoms with Crippen LogP contribution in [0, 0.1) is 0 Å². The second kappa shape index (κ2) is 3.75. The van der Waals surface area contributed by atoms with Gasteiger partial charge in [-0.1, -0.05) is 18.2 Å². The first-order valence-electron chi connectivity index (χ1n) is 4.98. The van der Waals surface area contributed by atoms with Crippen molar-refractivity contribution in [3.63, 3.8) is 0 Å². The number of allylic oxidation sites excluding steroid dienone is 1. The van der Waals surface area contributed by atoms with Crippen LogP contribution >= 0.6 is 12.2 Å². The van der Waals surface area contributed by atoms with Crippen LogP contribution in [0.2, 0.25) is 0 Å². The van der Waals surface area contributed by atoms with E-state index in [-0.39, 0.29) is 10.2 Å². The molecule has 1 atom stereocenters. The normalized spacial score (nSPS) is 22.5. The van der Waals surface area contributed by atoms with Gasteiger partial charge in [0.25, 0.3) is 0 Å². The molecule has 3 rings (SSSR count). The number of nitrogens with zero attached hydrogens (tertiary/aromatic N) is 1. The summed E-state index contributed by atoms with van der Waals surface area (Å²) >= 11 is 4.85. The number of rotatable bonds is 1. The SMILES string of the molecule is O=S1C(=S)NC(O)=C1C1=Nc2ccccc2C1. The lowest BCUT2D eigenvalue weighted by Gasteiger charge is -1.98. The summed E-state index contributed by atoms with van der Waals surface area (Å²) in [5.41, 5.74) is 2.55. The first kappa shape index (κ1) is 10.6. The van der Waals surface area contributed by atoms with Crippen molar-refractivity contribution in [3.05, 3.63) is 40.6 Å². The Labute approximate surface area is 106 Å². The average molecular weight is 264 g/mol. The third-order valence-corrected chi connectivity index (χ3v) is 4.45. The molecule has 2 N–H and O–H groups in total. The van der Waals surface area contributed by atoms with Crippen LogP contribution in [0.1, 0.15) is 5.56 Å². The molecule has 0 saturated carbocycles. The summed E-state index contributed by atoms with van der Waals surface area (Å²) in [4.78, 5) is 4.69. The van der Waals surface area contributed by atoms with Crippen LogP contribution in [0.15, 0.2) is 40.0 Å². The van der Waals surface area contributed by atoms with Crippen LogP contribution in [-0.2, 0) is 17.2 Å². The van der Waals surface area contributed by atoms with Gasteiger partial charge in [-0.05, 0) is 23.8 Å². The fourth-order valence-electron chi connectivity index (χ4n) is 1.89. The molecule has 17 heavy (non-hydrogen) atoms. The molecular formula is C11H8N2O2S2. The van der Waals surface area contributed by atoms with Gasteiger partial charge in [0.05, 0.1) is 11.4 Å². The molecule has 2 aliphatic heterocycles. The highest BCUT2D eigenvalue weighted by molar-refractivity contribution is 8.16. The van der Waals surface area contributed by atoms with Crippen LogP contribution < -0.4 is 5.32 Å². The number of thiocarbonyl (C=S) groups is 1. The summed E-state index contributed by atoms with van der Waals surface area (Å²) in [6, 6.07) is 7.69. The number of para-hydroxylation sites is 1. The van der Waals surface area contributed by atoms with Crippen molar-refractivity contribution in [2.45, 2.75) is 6.42 Å². The molecule has 86 valence electrons. The average Bonchev–Trinajstić information content (AvgIpc) is 2.81. The standard InChI is InChI=1S/C11H8N2O2S2/c14-10-9(17(15)11(16)13-10)8-5-6-3-1-2-4-7(6)12-8/h1-4,14H,5H2,(H,13,16). The van der Waals surface area contributed by atoms with Crippen LogP contribution in [0.3, 0.4) is 0 Å². The van der Waals surface area contributed by atoms with Gasteiger partial charge in [0.2, 0.25) is 5.88 Å². The third-order valence-electron chi connectivity index (χ3n) is 2.66. The van der Waals surface area contributed by atoms with Crippen LogP contribution in [0.25, 0.3) is 0 Å². The minimum Gasteiger partial charge on any atom is -0.494 e. The highest BCUT2D eigenvalue weighted by atomic mass is 32.2. The molecule has 2 heterocycles. The Bertz CT molecular complexity index is 620. The van der Waals surface area contributed by atoms with Crippen LogP contribution in [0.5, 0.6) is 0 Å². The lowest BCUT2D eigenvalue weighted by atomic mass is 10.1. The summed E-state index contributed by atoms with van der Waals surface area (Å²) in [5, 5.41) is 12.2. The van der Waals surface area contributed by atoms with Crippen molar-refractivity contribution in [2.75, 3.05) is 0 Å². The molecule has 1 aromatic carbocycles. The number of hydrogen-bond donors (Lipinski definition) is 2. The Hall–Kier alpha value is -1.53. The number of fused-ring (bicyclic) bond motifs is 1. The van der Waals surface area contributed by atoms with Crippen molar-refractivity contribution in [1.29, 1.82) is 0 Å². The molecule has 1 unspecified atom stereocenters. The van der Waals surface area contributed by atoms with Crippen molar-refractivity contribution in [2.24, 2.45) is 4.99 Å². The van der Waals surface area contributed by atoms with Gasteiger partial charge >= 0.3 is 0 Å². The fourth-order valence-corrected chi connectivity index (χ4v) is 3.17. The Kier molecular flexibility index (Phi) is 2.34. The lowest BCUT2D eigenvalue weighted by molar-refractivity contribution is 0.391. The summed E-state index contributed by atoms with van der Waals surface area (Å²) in [6.07, 6.45) is 0.575. The lowest BCUT2D eigenvalue weighted by Crippen LogP contribution is -2.15. The predicted octanol–water partition coefficient (Wildman–Crippen LogP) is 1.68. The van der Waals surface area contributed by atoms with E-state index in [9.17, 15) is 9.32 Å². The topological polar surface area (TPSA) is 61.7 Å². The maximum Gasteiger partial charge on any atom is 0.208 e. The van der Waals surface area contributed by atoms with E-state index >= 15 is 0 Å². The second-order valence-electron chi connectivity index (χ2n) is 3.72. The first-order valence-corrected chi connectivity index (χ1v) is 6.54. The Balaban J connectivity index is 2.03. The molecule has 0 saturated heterocycles. The molecule has 0 fully saturated rings. The van der Waals surface area contributed by atoms with Crippen molar-refractivity contribution >= 4 is 38.7 Å². The molecule has 0 spiro atoms. The van der Waals surface area contributed by atoms with E-state index in [1.165, 1.54) is 0 Å². The van der Waals surface area contributed by atoms with E-state index in [1.807, 2.05) is 24.3 Å². The highest BCUT2D eigenvalue weighted by Gasteiger charge is 2.32. The molecule has 0 aliphatic carbocycles. The van der Waals surface area contributed by atoms with E-state index in [4.69, 9.17) is 12.2 Å². The van der Waals surface area contributed by atoms with Crippen LogP contribution in [0.4, 0.5) is 5.69 Å². The second-order valence-corrected chi connectivity index (χ2v) is 5.74. The van der Waals surface area contributed by atoms with Gasteiger partial charge in [-0.25, -0.2) is 4.21 Å². The number of aliphatic hydroxyl groups is 1. The number of hydrogen-bond acceptors (Lipinski definition) is 4. The molecule has 0 amide bonds. The van der Waals surface area contributed by atoms with Gasteiger partial charge < -0.3 is 10.4 Å². The van der Waals surface area contributed by atoms with E-state index in [2.05, 4.69) is 10.3 Å². The molecular weight excluding hydrogens is 256 g/mol. The maximum absolute atomic E-state index is 11.9. The monoisotopic (exact) mass is 264 g/mol. The summed E-state index contributed by atoms with van der Waals surface area (Å²) in [7, 11) is -1.49. The molecule has 0 radical (unpaired) electrons. The van der Waals surface area contributed by atoms with Gasteiger partial charge in [-0.15, -0.1) is 0 Å². The number of benzene rings is 1. The Morgan fingerprint density at radius 1 is 1.41 bits per heavy atom. The highest BCUT2D eigenvalue weighted by Crippen LogP contribution is 2.31. The number of nitrogens with one attached hydrogen (secondary N) is 1. The van der Waals surface area contributed by atoms with Gasteiger partial charge in [0.1, 0.15) is 15.7 Å². The summed E-state index contributed by atoms with van der Waals surface area (Å²) in [5.74, 6) is -0.139. The number of aliphatic imine (C=N–C) groups is 1. The molecule has 0 bridgehead atoms. The van der Waals surface area contributed by atoms with Crippen LogP contribution in [-0.4, -0.2) is 19.3 Å². The molecule has 1 aromatic rings. The third kappa shape index (κ3) is 1.60. The zero-order valence-electron chi connectivity index (χ0n) is 8.64. The van der Waals surface area contributed by atoms with E-state index < -0.39 is 10.8 Å². The molecule has 0 aromatic heterocycles. The molecule has 2 aliphatic rings. The van der Waals surface area contributed by atoms with Gasteiger partial charge in [-0.3, -0.25) is 4.99 Å². The maximum atomic E-state index is 11.9. The first-order chi connectivity index (χ1) is 8.16. The van der Waals surface area contributed by atoms with Gasteiger partial charge in [0.15, 0.2) is 4.32 Å². The molecule has 4 nitrogen and oxygen atoms in total. The Morgan fingerprint density at radius 3 is 2.82 bits per heavy atom. The molecule has 6 heteroatoms. The summed E-state index contributed by atoms with van der Waals surface area (Å²) < 4.78 is 12.0. The fraction of sp³-hybridized carbons (Fsp3) is 0.0909. The van der Waals surface area contributed by atoms with Crippen molar-refractivity contribution in [1.82, 2.24) is 5.32 Å². The van der Waals surface area contributed by atoms with Crippen molar-refractivity contribution < 1.29 is 9.32 Å². The minimum atomic E-state index is -1.49. The minimum absolute atomic E-state index is 0.135. The smallest absolute Gasteiger partial charge is 0.208 e. The zero-order chi connectivity index (χ0) is 12.0. The van der Waals surface area contributed by atoms with E-state index in [0.29, 0.717) is 17.0 Å². The Morgan fingerprint density at radius 2 is 2.18 bits per heavy atom. The van der Waals surface area contributed by atoms with E-state index in [0.717, 1.165) is 11.3 Å². The van der Waals surface area contributed by atoms with E-state index in [1.54, 1.807) is 0 Å². The van der Waals surface area contributed by atoms with Gasteiger partial charge in [0, 0.05) is 6.42 Å². The number of aliphatic hydroxyl groups excluding tert-OH is 1. The van der Waals surface area contributed by atoms with Gasteiger partial charge in [-0.2, -0.15) is 0 Å². The predicted molar refractivity (Wildman–Crippen MR) is 70.8 cm³/mol.